The summed E-state index contributed by atoms with van der Waals surface area (Å²) < 4.78 is 68.8. The van der Waals surface area contributed by atoms with E-state index in [1.165, 1.54) is 36.0 Å². The molecule has 1 aliphatic rings. The minimum absolute atomic E-state index is 0.0687. The van der Waals surface area contributed by atoms with Crippen LogP contribution in [0.25, 0.3) is 6.08 Å². The lowest BCUT2D eigenvalue weighted by Gasteiger charge is -2.34. The Labute approximate surface area is 316 Å². The van der Waals surface area contributed by atoms with E-state index in [9.17, 15) is 22.4 Å². The molecule has 2 heterocycles. The van der Waals surface area contributed by atoms with Crippen LogP contribution in [0.4, 0.5) is 17.6 Å². The SMILES string of the molecule is Cc1cc(/C=C/C(=O)N2CCN(Cc3ccc(CCOc4ccc(F)cc4)cc3)CC2)cc(Cl)c1Oc1ccc(OCc2ccc(C(F)(F)F)cc2)cn1. The Morgan fingerprint density at radius 1 is 0.833 bits per heavy atom. The maximum absolute atomic E-state index is 13.1. The molecule has 5 aromatic rings. The number of carbonyl (C=O) groups excluding carboxylic acids is 1. The topological polar surface area (TPSA) is 64.1 Å². The number of halogens is 5. The van der Waals surface area contributed by atoms with E-state index in [2.05, 4.69) is 34.1 Å². The summed E-state index contributed by atoms with van der Waals surface area (Å²) in [6.07, 6.45) is 1.12. The highest BCUT2D eigenvalue weighted by atomic mass is 35.5. The molecule has 1 amide bonds. The molecule has 0 atom stereocenters. The number of carbonyl (C=O) groups is 1. The second kappa shape index (κ2) is 17.6. The van der Waals surface area contributed by atoms with Gasteiger partial charge in [-0.3, -0.25) is 9.69 Å². The van der Waals surface area contributed by atoms with Crippen molar-refractivity contribution in [3.05, 3.63) is 154 Å². The highest BCUT2D eigenvalue weighted by molar-refractivity contribution is 6.32. The summed E-state index contributed by atoms with van der Waals surface area (Å²) >= 11 is 6.58. The summed E-state index contributed by atoms with van der Waals surface area (Å²) in [5.41, 5.74) is 3.74. The van der Waals surface area contributed by atoms with Gasteiger partial charge in [0.1, 0.15) is 23.9 Å². The van der Waals surface area contributed by atoms with Gasteiger partial charge in [-0.15, -0.1) is 0 Å². The van der Waals surface area contributed by atoms with E-state index in [0.29, 0.717) is 47.5 Å². The van der Waals surface area contributed by atoms with E-state index in [4.69, 9.17) is 25.8 Å². The fourth-order valence-electron chi connectivity index (χ4n) is 5.84. The Morgan fingerprint density at radius 3 is 2.15 bits per heavy atom. The monoisotopic (exact) mass is 759 g/mol. The van der Waals surface area contributed by atoms with Crippen molar-refractivity contribution in [2.75, 3.05) is 32.8 Å². The summed E-state index contributed by atoms with van der Waals surface area (Å²) in [5, 5.41) is 0.353. The number of piperazine rings is 1. The average molecular weight is 760 g/mol. The summed E-state index contributed by atoms with van der Waals surface area (Å²) in [6.45, 7) is 6.02. The molecular weight excluding hydrogens is 722 g/mol. The van der Waals surface area contributed by atoms with Crippen molar-refractivity contribution < 1.29 is 36.6 Å². The maximum atomic E-state index is 13.1. The first kappa shape index (κ1) is 38.3. The third-order valence-electron chi connectivity index (χ3n) is 8.86. The lowest BCUT2D eigenvalue weighted by Crippen LogP contribution is -2.47. The standard InChI is InChI=1S/C42H38ClF4N3O4/c1-29-24-33(25-38(43)41(29)54-39-16-15-37(26-48-39)53-28-32-6-9-34(10-7-32)42(45,46)47)8-17-40(51)50-21-19-49(20-22-50)27-31-4-2-30(3-5-31)18-23-52-36-13-11-35(44)12-14-36/h2-17,24-26H,18-23,27-28H2,1H3/b17-8+. The van der Waals surface area contributed by atoms with Crippen molar-refractivity contribution >= 4 is 23.6 Å². The quantitative estimate of drug-likeness (QED) is 0.0881. The second-order valence-corrected chi connectivity index (χ2v) is 13.3. The van der Waals surface area contributed by atoms with Crippen molar-refractivity contribution in [2.45, 2.75) is 32.7 Å². The molecule has 1 saturated heterocycles. The molecule has 0 radical (unpaired) electrons. The molecule has 6 rings (SSSR count). The summed E-state index contributed by atoms with van der Waals surface area (Å²) in [7, 11) is 0. The van der Waals surface area contributed by atoms with Gasteiger partial charge in [0.25, 0.3) is 0 Å². The Morgan fingerprint density at radius 2 is 1.50 bits per heavy atom. The van der Waals surface area contributed by atoms with Crippen LogP contribution in [-0.4, -0.2) is 53.5 Å². The summed E-state index contributed by atoms with van der Waals surface area (Å²) in [5.74, 6) is 1.42. The van der Waals surface area contributed by atoms with Crippen LogP contribution >= 0.6 is 11.6 Å². The fourth-order valence-corrected chi connectivity index (χ4v) is 6.16. The molecule has 4 aromatic carbocycles. The van der Waals surface area contributed by atoms with Crippen LogP contribution in [0.5, 0.6) is 23.1 Å². The van der Waals surface area contributed by atoms with E-state index < -0.39 is 11.7 Å². The van der Waals surface area contributed by atoms with Crippen LogP contribution in [0.2, 0.25) is 5.02 Å². The average Bonchev–Trinajstić information content (AvgIpc) is 3.16. The molecule has 0 saturated carbocycles. The predicted molar refractivity (Wildman–Crippen MR) is 199 cm³/mol. The zero-order valence-corrected chi connectivity index (χ0v) is 30.2. The number of pyridine rings is 1. The largest absolute Gasteiger partial charge is 0.493 e. The Kier molecular flexibility index (Phi) is 12.5. The van der Waals surface area contributed by atoms with Gasteiger partial charge < -0.3 is 19.1 Å². The van der Waals surface area contributed by atoms with E-state index in [-0.39, 0.29) is 24.2 Å². The fraction of sp³-hybridized carbons (Fsp3) is 0.238. The van der Waals surface area contributed by atoms with E-state index in [1.54, 1.807) is 42.5 Å². The number of benzene rings is 4. The van der Waals surface area contributed by atoms with E-state index in [1.807, 2.05) is 17.9 Å². The van der Waals surface area contributed by atoms with Gasteiger partial charge in [-0.1, -0.05) is 48.0 Å². The Hall–Kier alpha value is -5.39. The third-order valence-corrected chi connectivity index (χ3v) is 9.14. The zero-order valence-electron chi connectivity index (χ0n) is 29.5. The molecule has 7 nitrogen and oxygen atoms in total. The lowest BCUT2D eigenvalue weighted by molar-refractivity contribution is -0.137. The van der Waals surface area contributed by atoms with Crippen LogP contribution in [0, 0.1) is 12.7 Å². The first-order chi connectivity index (χ1) is 26.0. The van der Waals surface area contributed by atoms with Crippen LogP contribution in [0.15, 0.2) is 109 Å². The van der Waals surface area contributed by atoms with Crippen LogP contribution in [0.1, 0.15) is 33.4 Å². The minimum Gasteiger partial charge on any atom is -0.493 e. The van der Waals surface area contributed by atoms with Crippen molar-refractivity contribution in [3.63, 3.8) is 0 Å². The number of ether oxygens (including phenoxy) is 3. The predicted octanol–water partition coefficient (Wildman–Crippen LogP) is 9.55. The van der Waals surface area contributed by atoms with Gasteiger partial charge in [0.05, 0.1) is 23.4 Å². The molecular formula is C42H38ClF4N3O4. The highest BCUT2D eigenvalue weighted by Crippen LogP contribution is 2.34. The van der Waals surface area contributed by atoms with Crippen LogP contribution in [-0.2, 0) is 30.5 Å². The molecule has 54 heavy (non-hydrogen) atoms. The maximum Gasteiger partial charge on any atom is 0.416 e. The van der Waals surface area contributed by atoms with Crippen molar-refractivity contribution in [1.29, 1.82) is 0 Å². The van der Waals surface area contributed by atoms with Gasteiger partial charge >= 0.3 is 6.18 Å². The van der Waals surface area contributed by atoms with Gasteiger partial charge in [0.15, 0.2) is 5.75 Å². The van der Waals surface area contributed by atoms with Crippen molar-refractivity contribution in [1.82, 2.24) is 14.8 Å². The van der Waals surface area contributed by atoms with E-state index in [0.717, 1.165) is 54.9 Å². The zero-order chi connectivity index (χ0) is 38.1. The molecule has 0 bridgehead atoms. The molecule has 280 valence electrons. The first-order valence-electron chi connectivity index (χ1n) is 17.4. The summed E-state index contributed by atoms with van der Waals surface area (Å²) in [6, 6.07) is 26.1. The molecule has 12 heteroatoms. The summed E-state index contributed by atoms with van der Waals surface area (Å²) in [4.78, 5) is 21.5. The Bertz CT molecular complexity index is 2010. The van der Waals surface area contributed by atoms with Gasteiger partial charge in [-0.2, -0.15) is 13.2 Å². The molecule has 1 aliphatic heterocycles. The number of alkyl halides is 3. The van der Waals surface area contributed by atoms with Crippen LogP contribution < -0.4 is 14.2 Å². The molecule has 0 N–H and O–H groups in total. The molecule has 0 unspecified atom stereocenters. The van der Waals surface area contributed by atoms with Crippen molar-refractivity contribution in [2.24, 2.45) is 0 Å². The van der Waals surface area contributed by atoms with Crippen molar-refractivity contribution in [3.8, 4) is 23.1 Å². The smallest absolute Gasteiger partial charge is 0.416 e. The Balaban J connectivity index is 0.929. The van der Waals surface area contributed by atoms with Gasteiger partial charge in [0, 0.05) is 51.3 Å². The van der Waals surface area contributed by atoms with Gasteiger partial charge in [-0.05, 0) is 95.4 Å². The normalized spacial score (nSPS) is 13.6. The van der Waals surface area contributed by atoms with Gasteiger partial charge in [-0.25, -0.2) is 9.37 Å². The highest BCUT2D eigenvalue weighted by Gasteiger charge is 2.30. The third kappa shape index (κ3) is 10.8. The molecule has 0 spiro atoms. The van der Waals surface area contributed by atoms with Crippen LogP contribution in [0.3, 0.4) is 0 Å². The number of hydrogen-bond acceptors (Lipinski definition) is 6. The number of rotatable bonds is 13. The molecule has 0 aliphatic carbocycles. The number of aromatic nitrogens is 1. The second-order valence-electron chi connectivity index (χ2n) is 12.9. The number of nitrogens with zero attached hydrogens (tertiary/aromatic N) is 3. The van der Waals surface area contributed by atoms with Gasteiger partial charge in [0.2, 0.25) is 11.8 Å². The number of aryl methyl sites for hydroxylation is 1. The minimum atomic E-state index is -4.39. The number of hydrogen-bond donors (Lipinski definition) is 0. The molecule has 1 fully saturated rings. The lowest BCUT2D eigenvalue weighted by atomic mass is 10.1. The number of amides is 1. The first-order valence-corrected chi connectivity index (χ1v) is 17.7. The van der Waals surface area contributed by atoms with E-state index >= 15 is 0 Å². The molecule has 1 aromatic heterocycles.